The number of aryl methyl sites for hydroxylation is 1. The fourth-order valence-corrected chi connectivity index (χ4v) is 1.59. The van der Waals surface area contributed by atoms with E-state index in [0.29, 0.717) is 19.0 Å². The van der Waals surface area contributed by atoms with E-state index in [1.807, 2.05) is 13.1 Å². The van der Waals surface area contributed by atoms with Crippen LogP contribution in [-0.2, 0) is 13.6 Å². The molecule has 1 aromatic rings. The summed E-state index contributed by atoms with van der Waals surface area (Å²) in [6.07, 6.45) is 0. The summed E-state index contributed by atoms with van der Waals surface area (Å²) in [4.78, 5) is 0. The molecule has 0 aliphatic heterocycles. The van der Waals surface area contributed by atoms with Gasteiger partial charge in [-0.25, -0.2) is 4.68 Å². The van der Waals surface area contributed by atoms with Gasteiger partial charge in [-0.15, -0.1) is 0 Å². The molecule has 1 rings (SSSR count). The molecule has 0 saturated heterocycles. The van der Waals surface area contributed by atoms with E-state index in [4.69, 9.17) is 10.5 Å². The summed E-state index contributed by atoms with van der Waals surface area (Å²) in [6.45, 7) is 7.77. The number of hydrogen-bond acceptors (Lipinski definition) is 4. The van der Waals surface area contributed by atoms with Gasteiger partial charge in [0.05, 0.1) is 12.8 Å². The van der Waals surface area contributed by atoms with Gasteiger partial charge >= 0.3 is 0 Å². The van der Waals surface area contributed by atoms with Crippen molar-refractivity contribution >= 4 is 0 Å². The molecule has 0 fully saturated rings. The van der Waals surface area contributed by atoms with Gasteiger partial charge < -0.3 is 15.8 Å². The zero-order valence-corrected chi connectivity index (χ0v) is 11.4. The van der Waals surface area contributed by atoms with Crippen LogP contribution in [-0.4, -0.2) is 29.0 Å². The smallest absolute Gasteiger partial charge is 0.211 e. The third kappa shape index (κ3) is 3.20. The molecular weight excluding hydrogens is 216 g/mol. The van der Waals surface area contributed by atoms with Crippen LogP contribution in [0.5, 0.6) is 5.88 Å². The van der Waals surface area contributed by atoms with E-state index in [1.54, 1.807) is 11.8 Å². The normalized spacial score (nSPS) is 15.0. The molecule has 1 heterocycles. The first-order chi connectivity index (χ1) is 7.92. The average molecular weight is 240 g/mol. The van der Waals surface area contributed by atoms with Crippen LogP contribution in [0.3, 0.4) is 0 Å². The quantitative estimate of drug-likeness (QED) is 0.775. The van der Waals surface area contributed by atoms with Crippen molar-refractivity contribution in [2.24, 2.45) is 18.7 Å². The molecule has 3 N–H and O–H groups in total. The lowest BCUT2D eigenvalue weighted by atomic mass is 9.88. The lowest BCUT2D eigenvalue weighted by Gasteiger charge is -2.33. The van der Waals surface area contributed by atoms with E-state index < -0.39 is 0 Å². The summed E-state index contributed by atoms with van der Waals surface area (Å²) in [5.41, 5.74) is 6.72. The first-order valence-corrected chi connectivity index (χ1v) is 5.95. The van der Waals surface area contributed by atoms with Gasteiger partial charge in [0.2, 0.25) is 5.88 Å². The first-order valence-electron chi connectivity index (χ1n) is 5.95. The fourth-order valence-electron chi connectivity index (χ4n) is 1.59. The molecule has 0 aliphatic rings. The summed E-state index contributed by atoms with van der Waals surface area (Å²) in [5, 5.41) is 7.84. The maximum absolute atomic E-state index is 5.82. The van der Waals surface area contributed by atoms with Crippen molar-refractivity contribution in [3.63, 3.8) is 0 Å². The Labute approximate surface area is 103 Å². The van der Waals surface area contributed by atoms with Gasteiger partial charge in [0, 0.05) is 31.7 Å². The summed E-state index contributed by atoms with van der Waals surface area (Å²) < 4.78 is 6.91. The number of nitrogens with zero attached hydrogens (tertiary/aromatic N) is 2. The predicted octanol–water partition coefficient (Wildman–Crippen LogP) is 0.892. The molecule has 1 unspecified atom stereocenters. The van der Waals surface area contributed by atoms with Crippen molar-refractivity contribution < 1.29 is 4.74 Å². The molecule has 17 heavy (non-hydrogen) atoms. The van der Waals surface area contributed by atoms with E-state index in [9.17, 15) is 0 Å². The first kappa shape index (κ1) is 14.0. The maximum Gasteiger partial charge on any atom is 0.211 e. The van der Waals surface area contributed by atoms with Gasteiger partial charge in [-0.3, -0.25) is 0 Å². The molecule has 5 heteroatoms. The summed E-state index contributed by atoms with van der Waals surface area (Å²) in [6, 6.07) is 1.93. The zero-order chi connectivity index (χ0) is 13.1. The van der Waals surface area contributed by atoms with Crippen LogP contribution in [0, 0.1) is 5.92 Å². The number of ether oxygens (including phenoxy) is 1. The molecule has 0 radical (unpaired) electrons. The lowest BCUT2D eigenvalue weighted by molar-refractivity contribution is 0.266. The molecule has 1 atom stereocenters. The van der Waals surface area contributed by atoms with E-state index >= 15 is 0 Å². The number of nitrogens with two attached hydrogens (primary N) is 1. The molecule has 0 spiro atoms. The van der Waals surface area contributed by atoms with Gasteiger partial charge in [-0.05, 0) is 12.8 Å². The summed E-state index contributed by atoms with van der Waals surface area (Å²) in [7, 11) is 3.51. The number of nitrogens with one attached hydrogen (secondary N) is 1. The van der Waals surface area contributed by atoms with E-state index in [2.05, 4.69) is 31.2 Å². The average Bonchev–Trinajstić information content (AvgIpc) is 2.66. The van der Waals surface area contributed by atoms with E-state index in [1.165, 1.54) is 0 Å². The molecule has 0 bridgehead atoms. The second-order valence-electron chi connectivity index (χ2n) is 4.93. The molecule has 98 valence electrons. The molecule has 5 nitrogen and oxygen atoms in total. The van der Waals surface area contributed by atoms with Crippen LogP contribution < -0.4 is 15.8 Å². The van der Waals surface area contributed by atoms with Gasteiger partial charge in [0.25, 0.3) is 0 Å². The zero-order valence-electron chi connectivity index (χ0n) is 11.4. The van der Waals surface area contributed by atoms with Crippen LogP contribution in [0.4, 0.5) is 0 Å². The Balaban J connectivity index is 2.66. The topological polar surface area (TPSA) is 65.1 Å². The van der Waals surface area contributed by atoms with Crippen LogP contribution in [0.2, 0.25) is 0 Å². The molecule has 1 aromatic heterocycles. The lowest BCUT2D eigenvalue weighted by Crippen LogP contribution is -2.52. The minimum Gasteiger partial charge on any atom is -0.481 e. The highest BCUT2D eigenvalue weighted by molar-refractivity contribution is 5.15. The summed E-state index contributed by atoms with van der Waals surface area (Å²) in [5.74, 6) is 1.24. The minimum absolute atomic E-state index is 0.0647. The Morgan fingerprint density at radius 1 is 1.59 bits per heavy atom. The van der Waals surface area contributed by atoms with Gasteiger partial charge in [-0.2, -0.15) is 5.10 Å². The second kappa shape index (κ2) is 5.51. The Morgan fingerprint density at radius 3 is 2.65 bits per heavy atom. The van der Waals surface area contributed by atoms with E-state index in [-0.39, 0.29) is 5.54 Å². The van der Waals surface area contributed by atoms with Gasteiger partial charge in [0.1, 0.15) is 0 Å². The fraction of sp³-hybridized carbons (Fsp3) is 0.750. The molecule has 0 aromatic carbocycles. The van der Waals surface area contributed by atoms with Crippen molar-refractivity contribution in [2.45, 2.75) is 32.9 Å². The maximum atomic E-state index is 5.82. The molecule has 0 amide bonds. The van der Waals surface area contributed by atoms with Crippen molar-refractivity contribution in [3.05, 3.63) is 11.8 Å². The number of aromatic nitrogens is 2. The number of rotatable bonds is 6. The third-order valence-corrected chi connectivity index (χ3v) is 3.47. The van der Waals surface area contributed by atoms with Crippen molar-refractivity contribution in [1.82, 2.24) is 15.1 Å². The van der Waals surface area contributed by atoms with Crippen LogP contribution in [0.15, 0.2) is 6.07 Å². The third-order valence-electron chi connectivity index (χ3n) is 3.47. The van der Waals surface area contributed by atoms with E-state index in [0.717, 1.165) is 11.6 Å². The monoisotopic (exact) mass is 240 g/mol. The molecule has 0 saturated carbocycles. The standard InChI is InChI=1S/C12H24N4O/c1-9(2)12(3,8-13)14-7-10-6-11(17-5)16(4)15-10/h6,9,14H,7-8,13H2,1-5H3. The van der Waals surface area contributed by atoms with Crippen LogP contribution in [0.1, 0.15) is 26.5 Å². The van der Waals surface area contributed by atoms with Gasteiger partial charge in [0.15, 0.2) is 0 Å². The van der Waals surface area contributed by atoms with Crippen molar-refractivity contribution in [3.8, 4) is 5.88 Å². The number of hydrogen-bond donors (Lipinski definition) is 2. The second-order valence-corrected chi connectivity index (χ2v) is 4.93. The Hall–Kier alpha value is -1.07. The van der Waals surface area contributed by atoms with Crippen LogP contribution in [0.25, 0.3) is 0 Å². The summed E-state index contributed by atoms with van der Waals surface area (Å²) >= 11 is 0. The molecule has 0 aliphatic carbocycles. The highest BCUT2D eigenvalue weighted by atomic mass is 16.5. The highest BCUT2D eigenvalue weighted by Gasteiger charge is 2.26. The van der Waals surface area contributed by atoms with Crippen LogP contribution >= 0.6 is 0 Å². The predicted molar refractivity (Wildman–Crippen MR) is 68.9 cm³/mol. The Kier molecular flexibility index (Phi) is 4.54. The van der Waals surface area contributed by atoms with Gasteiger partial charge in [-0.1, -0.05) is 13.8 Å². The Bertz CT molecular complexity index is 361. The minimum atomic E-state index is -0.0647. The highest BCUT2D eigenvalue weighted by Crippen LogP contribution is 2.17. The van der Waals surface area contributed by atoms with Crippen molar-refractivity contribution in [2.75, 3.05) is 13.7 Å². The SMILES string of the molecule is COc1cc(CNC(C)(CN)C(C)C)nn1C. The largest absolute Gasteiger partial charge is 0.481 e. The van der Waals surface area contributed by atoms with Crippen molar-refractivity contribution in [1.29, 1.82) is 0 Å². The Morgan fingerprint density at radius 2 is 2.24 bits per heavy atom. The number of methoxy groups -OCH3 is 1. The molecular formula is C12H24N4O.